The SMILES string of the molecule is C/C=C(/C(C)=N\OC)c1cc2[nH]c3nc(C)nc(NCc4ccc(F)cc4)c3c2cc1OC. The van der Waals surface area contributed by atoms with E-state index in [2.05, 4.69) is 25.4 Å². The Hall–Kier alpha value is -3.94. The van der Waals surface area contributed by atoms with E-state index in [-0.39, 0.29) is 5.82 Å². The molecule has 0 atom stereocenters. The van der Waals surface area contributed by atoms with Crippen LogP contribution in [0.3, 0.4) is 0 Å². The van der Waals surface area contributed by atoms with Crippen LogP contribution < -0.4 is 10.1 Å². The van der Waals surface area contributed by atoms with Crippen LogP contribution in [-0.4, -0.2) is 34.9 Å². The zero-order valence-corrected chi connectivity index (χ0v) is 19.3. The number of hydrogen-bond donors (Lipinski definition) is 2. The second-order valence-corrected chi connectivity index (χ2v) is 7.61. The summed E-state index contributed by atoms with van der Waals surface area (Å²) in [6, 6.07) is 10.4. The number of allylic oxidation sites excluding steroid dienone is 2. The molecular weight excluding hydrogens is 421 g/mol. The van der Waals surface area contributed by atoms with Gasteiger partial charge < -0.3 is 19.9 Å². The van der Waals surface area contributed by atoms with Crippen molar-refractivity contribution in [2.24, 2.45) is 5.16 Å². The van der Waals surface area contributed by atoms with E-state index in [0.717, 1.165) is 44.3 Å². The summed E-state index contributed by atoms with van der Waals surface area (Å²) in [7, 11) is 3.17. The molecule has 4 aromatic rings. The van der Waals surface area contributed by atoms with Crippen LogP contribution in [0.4, 0.5) is 10.2 Å². The number of aromatic amines is 1. The summed E-state index contributed by atoms with van der Waals surface area (Å²) >= 11 is 0. The largest absolute Gasteiger partial charge is 0.496 e. The zero-order chi connectivity index (χ0) is 23.5. The van der Waals surface area contributed by atoms with Crippen LogP contribution in [0, 0.1) is 12.7 Å². The molecule has 0 aliphatic heterocycles. The number of benzene rings is 2. The predicted molar refractivity (Wildman–Crippen MR) is 130 cm³/mol. The Labute approximate surface area is 191 Å². The first-order valence-electron chi connectivity index (χ1n) is 10.6. The maximum atomic E-state index is 13.2. The Morgan fingerprint density at radius 2 is 1.94 bits per heavy atom. The highest BCUT2D eigenvalue weighted by Crippen LogP contribution is 2.37. The van der Waals surface area contributed by atoms with Gasteiger partial charge in [-0.2, -0.15) is 0 Å². The van der Waals surface area contributed by atoms with Crippen LogP contribution >= 0.6 is 0 Å². The van der Waals surface area contributed by atoms with Crippen molar-refractivity contribution in [2.45, 2.75) is 27.3 Å². The Morgan fingerprint density at radius 1 is 1.18 bits per heavy atom. The highest BCUT2D eigenvalue weighted by molar-refractivity contribution is 6.24. The number of H-pyrrole nitrogens is 1. The number of hydrogen-bond acceptors (Lipinski definition) is 6. The van der Waals surface area contributed by atoms with Crippen LogP contribution in [0.1, 0.15) is 30.8 Å². The monoisotopic (exact) mass is 447 g/mol. The lowest BCUT2D eigenvalue weighted by molar-refractivity contribution is 0.214. The van der Waals surface area contributed by atoms with E-state index in [0.29, 0.717) is 23.9 Å². The van der Waals surface area contributed by atoms with Gasteiger partial charge in [0.1, 0.15) is 36.0 Å². The summed E-state index contributed by atoms with van der Waals surface area (Å²) in [5.74, 6) is 1.78. The predicted octanol–water partition coefficient (Wildman–Crippen LogP) is 5.60. The van der Waals surface area contributed by atoms with Crippen molar-refractivity contribution in [1.29, 1.82) is 0 Å². The topological polar surface area (TPSA) is 84.4 Å². The maximum absolute atomic E-state index is 13.2. The third-order valence-corrected chi connectivity index (χ3v) is 5.45. The minimum Gasteiger partial charge on any atom is -0.496 e. The van der Waals surface area contributed by atoms with Crippen molar-refractivity contribution >= 4 is 39.0 Å². The van der Waals surface area contributed by atoms with Crippen LogP contribution in [0.2, 0.25) is 0 Å². The van der Waals surface area contributed by atoms with Crippen molar-refractivity contribution in [2.75, 3.05) is 19.5 Å². The molecule has 8 heteroatoms. The molecule has 7 nitrogen and oxygen atoms in total. The molecule has 0 fully saturated rings. The molecule has 170 valence electrons. The fraction of sp³-hybridized carbons (Fsp3) is 0.240. The van der Waals surface area contributed by atoms with Gasteiger partial charge in [-0.15, -0.1) is 0 Å². The van der Waals surface area contributed by atoms with Gasteiger partial charge in [-0.3, -0.25) is 0 Å². The molecule has 2 aromatic carbocycles. The number of halogens is 1. The molecule has 0 amide bonds. The summed E-state index contributed by atoms with van der Waals surface area (Å²) in [4.78, 5) is 17.6. The fourth-order valence-corrected chi connectivity index (χ4v) is 3.98. The highest BCUT2D eigenvalue weighted by atomic mass is 19.1. The van der Waals surface area contributed by atoms with Gasteiger partial charge in [-0.1, -0.05) is 23.4 Å². The van der Waals surface area contributed by atoms with Gasteiger partial charge in [0.15, 0.2) is 0 Å². The second-order valence-electron chi connectivity index (χ2n) is 7.61. The van der Waals surface area contributed by atoms with E-state index in [1.807, 2.05) is 39.0 Å². The van der Waals surface area contributed by atoms with Gasteiger partial charge in [0.05, 0.1) is 18.2 Å². The molecule has 0 bridgehead atoms. The van der Waals surface area contributed by atoms with E-state index >= 15 is 0 Å². The van der Waals surface area contributed by atoms with Crippen LogP contribution in [-0.2, 0) is 11.4 Å². The Balaban J connectivity index is 1.84. The number of aromatic nitrogens is 3. The normalized spacial score (nSPS) is 12.4. The lowest BCUT2D eigenvalue weighted by atomic mass is 9.99. The highest BCUT2D eigenvalue weighted by Gasteiger charge is 2.18. The lowest BCUT2D eigenvalue weighted by Crippen LogP contribution is -2.04. The van der Waals surface area contributed by atoms with Crippen molar-refractivity contribution in [1.82, 2.24) is 15.0 Å². The quantitative estimate of drug-likeness (QED) is 0.284. The first-order chi connectivity index (χ1) is 15.9. The van der Waals surface area contributed by atoms with Gasteiger partial charge >= 0.3 is 0 Å². The number of fused-ring (bicyclic) bond motifs is 3. The number of rotatable bonds is 7. The third-order valence-electron chi connectivity index (χ3n) is 5.45. The minimum atomic E-state index is -0.259. The molecule has 2 aromatic heterocycles. The van der Waals surface area contributed by atoms with Gasteiger partial charge in [-0.05, 0) is 50.6 Å². The zero-order valence-electron chi connectivity index (χ0n) is 19.3. The molecule has 0 spiro atoms. The molecule has 0 saturated heterocycles. The van der Waals surface area contributed by atoms with Crippen molar-refractivity contribution in [3.8, 4) is 5.75 Å². The molecule has 0 aliphatic rings. The van der Waals surface area contributed by atoms with Gasteiger partial charge in [0.25, 0.3) is 0 Å². The summed E-state index contributed by atoms with van der Waals surface area (Å²) in [6.07, 6.45) is 1.98. The molecular formula is C25H26FN5O2. The van der Waals surface area contributed by atoms with Crippen molar-refractivity contribution < 1.29 is 14.0 Å². The van der Waals surface area contributed by atoms with E-state index in [9.17, 15) is 4.39 Å². The van der Waals surface area contributed by atoms with Crippen molar-refractivity contribution in [3.63, 3.8) is 0 Å². The molecule has 2 N–H and O–H groups in total. The number of ether oxygens (including phenoxy) is 1. The van der Waals surface area contributed by atoms with E-state index in [1.54, 1.807) is 19.2 Å². The van der Waals surface area contributed by atoms with Crippen LogP contribution in [0.15, 0.2) is 47.6 Å². The van der Waals surface area contributed by atoms with E-state index in [4.69, 9.17) is 9.57 Å². The first-order valence-corrected chi connectivity index (χ1v) is 10.6. The summed E-state index contributed by atoms with van der Waals surface area (Å²) in [5.41, 5.74) is 5.11. The van der Waals surface area contributed by atoms with Gasteiger partial charge in [0.2, 0.25) is 0 Å². The number of aryl methyl sites for hydroxylation is 1. The molecule has 33 heavy (non-hydrogen) atoms. The second kappa shape index (κ2) is 9.28. The number of nitrogens with one attached hydrogen (secondary N) is 2. The van der Waals surface area contributed by atoms with Gasteiger partial charge in [-0.25, -0.2) is 14.4 Å². The Kier molecular flexibility index (Phi) is 6.26. The molecule has 0 aliphatic carbocycles. The Morgan fingerprint density at radius 3 is 2.61 bits per heavy atom. The molecule has 4 rings (SSSR count). The first kappa shape index (κ1) is 22.3. The van der Waals surface area contributed by atoms with E-state index < -0.39 is 0 Å². The Bertz CT molecular complexity index is 1370. The molecule has 0 unspecified atom stereocenters. The maximum Gasteiger partial charge on any atom is 0.144 e. The number of nitrogens with zero attached hydrogens (tertiary/aromatic N) is 3. The van der Waals surface area contributed by atoms with E-state index in [1.165, 1.54) is 19.2 Å². The fourth-order valence-electron chi connectivity index (χ4n) is 3.98. The van der Waals surface area contributed by atoms with Crippen LogP contribution in [0.5, 0.6) is 5.75 Å². The smallest absolute Gasteiger partial charge is 0.144 e. The number of anilines is 1. The summed E-state index contributed by atoms with van der Waals surface area (Å²) < 4.78 is 19.0. The number of oxime groups is 1. The molecule has 0 saturated carbocycles. The average molecular weight is 448 g/mol. The molecule has 0 radical (unpaired) electrons. The summed E-state index contributed by atoms with van der Waals surface area (Å²) in [5, 5.41) is 9.27. The third kappa shape index (κ3) is 4.37. The average Bonchev–Trinajstić information content (AvgIpc) is 3.15. The standard InChI is InChI=1S/C25H26FN5O2/c1-6-18(14(2)31-33-5)19-11-21-20(12-22(19)32-4)23-24(28-15(3)29-25(23)30-21)27-13-16-7-9-17(26)10-8-16/h6-12H,13H2,1-5H3,(H2,27,28,29,30)/b18-6-,31-14-. The summed E-state index contributed by atoms with van der Waals surface area (Å²) in [6.45, 7) is 6.19. The van der Waals surface area contributed by atoms with Crippen LogP contribution in [0.25, 0.3) is 27.5 Å². The lowest BCUT2D eigenvalue weighted by Gasteiger charge is -2.13. The molecule has 2 heterocycles. The minimum absolute atomic E-state index is 0.259. The van der Waals surface area contributed by atoms with Gasteiger partial charge in [0, 0.05) is 28.6 Å². The number of methoxy groups -OCH3 is 1. The van der Waals surface area contributed by atoms with Crippen molar-refractivity contribution in [3.05, 3.63) is 65.2 Å².